The molecule has 0 aromatic heterocycles. The molecule has 0 radical (unpaired) electrons. The van der Waals surface area contributed by atoms with Crippen molar-refractivity contribution in [2.75, 3.05) is 14.2 Å². The predicted octanol–water partition coefficient (Wildman–Crippen LogP) is 13.5. The number of methoxy groups -OCH3 is 2. The molecule has 13 aliphatic rings. The van der Waals surface area contributed by atoms with Crippen LogP contribution >= 0.6 is 0 Å². The zero-order chi connectivity index (χ0) is 60.5. The first-order valence-electron chi connectivity index (χ1n) is 30.6. The van der Waals surface area contributed by atoms with Crippen LogP contribution in [0, 0.1) is 64.1 Å². The number of carbonyl (C=O) groups is 7. The Labute approximate surface area is 489 Å². The number of carbonyl (C=O) groups excluding carboxylic acids is 7. The molecule has 14 heteroatoms. The smallest absolute Gasteiger partial charge is 0.333 e. The van der Waals surface area contributed by atoms with Crippen LogP contribution in [0.25, 0.3) is 0 Å². The summed E-state index contributed by atoms with van der Waals surface area (Å²) in [5, 5.41) is 0. The molecule has 13 aliphatic carbocycles. The van der Waals surface area contributed by atoms with Crippen LogP contribution in [0.1, 0.15) is 189 Å². The number of esters is 7. The van der Waals surface area contributed by atoms with E-state index in [1.54, 1.807) is 34.6 Å². The zero-order valence-corrected chi connectivity index (χ0v) is 51.0. The molecular weight excluding hydrogens is 1040 g/mol. The van der Waals surface area contributed by atoms with Gasteiger partial charge in [0, 0.05) is 56.8 Å². The van der Waals surface area contributed by atoms with E-state index in [1.807, 2.05) is 0 Å². The van der Waals surface area contributed by atoms with Crippen molar-refractivity contribution in [3.05, 3.63) is 86.1 Å². The average molecular weight is 1140 g/mol. The van der Waals surface area contributed by atoms with Crippen LogP contribution < -0.4 is 0 Å². The number of hydrogen-bond donors (Lipinski definition) is 0. The van der Waals surface area contributed by atoms with Crippen molar-refractivity contribution in [2.45, 2.75) is 219 Å². The van der Waals surface area contributed by atoms with Gasteiger partial charge in [0.2, 0.25) is 0 Å². The highest BCUT2D eigenvalue weighted by molar-refractivity contribution is 5.90. The molecule has 0 N–H and O–H groups in total. The van der Waals surface area contributed by atoms with E-state index >= 15 is 0 Å². The van der Waals surface area contributed by atoms with Gasteiger partial charge in [-0.3, -0.25) is 0 Å². The van der Waals surface area contributed by atoms with E-state index in [0.29, 0.717) is 44.6 Å². The second-order valence-corrected chi connectivity index (χ2v) is 26.2. The number of rotatable bonds is 12. The third-order valence-electron chi connectivity index (χ3n) is 20.3. The maximum atomic E-state index is 11.7. The Bertz CT molecular complexity index is 2430. The van der Waals surface area contributed by atoms with Crippen molar-refractivity contribution in [1.29, 1.82) is 0 Å². The third-order valence-corrected chi connectivity index (χ3v) is 20.3. The van der Waals surface area contributed by atoms with Gasteiger partial charge in [-0.05, 0) is 210 Å². The van der Waals surface area contributed by atoms with Crippen LogP contribution in [0.2, 0.25) is 0 Å². The van der Waals surface area contributed by atoms with Gasteiger partial charge in [0.05, 0.1) is 14.2 Å². The summed E-state index contributed by atoms with van der Waals surface area (Å²) in [4.78, 5) is 76.6. The van der Waals surface area contributed by atoms with Gasteiger partial charge in [-0.2, -0.15) is 0 Å². The van der Waals surface area contributed by atoms with Crippen molar-refractivity contribution >= 4 is 41.8 Å². The van der Waals surface area contributed by atoms with Crippen molar-refractivity contribution in [3.63, 3.8) is 0 Å². The Morgan fingerprint density at radius 1 is 0.463 bits per heavy atom. The number of fused-ring (bicyclic) bond motifs is 8. The highest BCUT2D eigenvalue weighted by Crippen LogP contribution is 3.16. The number of hydrogen-bond acceptors (Lipinski definition) is 14. The van der Waals surface area contributed by atoms with Gasteiger partial charge in [0.25, 0.3) is 0 Å². The second-order valence-electron chi connectivity index (χ2n) is 26.2. The molecule has 13 rings (SSSR count). The first-order valence-corrected chi connectivity index (χ1v) is 30.6. The lowest BCUT2D eigenvalue weighted by molar-refractivity contribution is -0.182. The average Bonchev–Trinajstić information content (AvgIpc) is 1.33. The summed E-state index contributed by atoms with van der Waals surface area (Å²) in [5.41, 5.74) is 3.27. The third kappa shape index (κ3) is 14.5. The summed E-state index contributed by atoms with van der Waals surface area (Å²) >= 11 is 0. The minimum Gasteiger partial charge on any atom is -0.466 e. The summed E-state index contributed by atoms with van der Waals surface area (Å²) in [6.45, 7) is 35.1. The van der Waals surface area contributed by atoms with Crippen LogP contribution in [0.15, 0.2) is 86.1 Å². The monoisotopic (exact) mass is 1140 g/mol. The zero-order valence-electron chi connectivity index (χ0n) is 51.0. The minimum atomic E-state index is -0.394. The van der Waals surface area contributed by atoms with Crippen molar-refractivity contribution in [2.24, 2.45) is 64.1 Å². The van der Waals surface area contributed by atoms with Crippen LogP contribution in [0.4, 0.5) is 0 Å². The van der Waals surface area contributed by atoms with Crippen LogP contribution in [0.5, 0.6) is 0 Å². The van der Waals surface area contributed by atoms with Crippen LogP contribution in [-0.2, 0) is 66.7 Å². The van der Waals surface area contributed by atoms with E-state index in [4.69, 9.17) is 23.7 Å². The molecule has 13 fully saturated rings. The highest BCUT2D eigenvalue weighted by atomic mass is 16.6. The molecule has 0 aliphatic heterocycles. The quantitative estimate of drug-likeness (QED) is 0.102. The van der Waals surface area contributed by atoms with Crippen molar-refractivity contribution < 1.29 is 66.7 Å². The summed E-state index contributed by atoms with van der Waals surface area (Å²) in [6.07, 6.45) is 31.0. The molecule has 10 unspecified atom stereocenters. The molecule has 0 aromatic rings. The summed E-state index contributed by atoms with van der Waals surface area (Å²) in [7, 11) is 2.64. The molecule has 454 valence electrons. The van der Waals surface area contributed by atoms with E-state index in [-0.39, 0.29) is 65.3 Å². The van der Waals surface area contributed by atoms with E-state index in [2.05, 4.69) is 62.5 Å². The maximum absolute atomic E-state index is 11.7. The molecule has 82 heavy (non-hydrogen) atoms. The predicted molar refractivity (Wildman–Crippen MR) is 314 cm³/mol. The Morgan fingerprint density at radius 2 is 0.927 bits per heavy atom. The lowest BCUT2D eigenvalue weighted by atomic mass is 9.54. The van der Waals surface area contributed by atoms with E-state index in [0.717, 1.165) is 105 Å². The molecule has 14 nitrogen and oxygen atoms in total. The topological polar surface area (TPSA) is 184 Å². The highest BCUT2D eigenvalue weighted by Gasteiger charge is 3.22. The largest absolute Gasteiger partial charge is 0.466 e. The fourth-order valence-corrected chi connectivity index (χ4v) is 16.9. The molecule has 10 atom stereocenters. The maximum Gasteiger partial charge on any atom is 0.333 e. The second kappa shape index (κ2) is 27.9. The van der Waals surface area contributed by atoms with E-state index in [9.17, 15) is 33.6 Å². The number of ether oxygens (including phenoxy) is 7. The molecule has 0 heterocycles. The van der Waals surface area contributed by atoms with Crippen LogP contribution in [0.3, 0.4) is 0 Å². The van der Waals surface area contributed by atoms with Gasteiger partial charge in [-0.25, -0.2) is 33.6 Å². The molecule has 0 saturated heterocycles. The molecule has 0 aromatic carbocycles. The van der Waals surface area contributed by atoms with Crippen molar-refractivity contribution in [1.82, 2.24) is 0 Å². The lowest BCUT2D eigenvalue weighted by Gasteiger charge is -2.55. The minimum absolute atomic E-state index is 0.00104. The van der Waals surface area contributed by atoms with E-state index in [1.165, 1.54) is 117 Å². The Morgan fingerprint density at radius 3 is 1.33 bits per heavy atom. The summed E-state index contributed by atoms with van der Waals surface area (Å²) in [6, 6.07) is 0. The fraction of sp³-hybridized carbons (Fsp3) is 0.691. The fourth-order valence-electron chi connectivity index (χ4n) is 16.9. The Balaban J connectivity index is 0.000000158. The molecule has 6 bridgehead atoms. The summed E-state index contributed by atoms with van der Waals surface area (Å²) < 4.78 is 35.7. The molecule has 1 spiro atoms. The molecule has 0 amide bonds. The standard InChI is InChI=1S/2C14H20O2.C12H14O2.C10H16O2.C9H14O2.C5H8O2.C4H6O2/c1-9(2)13(15)16-14-6-10-3-11(7-14)5-12(4-10)8-14;1-8(2)14(15)16-13-7-9-6-12(13)11-5-3-4-10(9)11;1-6(2)9(13)14-12-8-7-4-5-10(12,3)11(7,8)12;1-8(2)10(11)12-9-6-4-3-5-7-9;1-2-9(10)11-8-6-4-3-5-7-8;1-4(2)5(6)7-3;1-3-4(5)6-2/h10-12H,1,3-8H2,2H3;9-13H,1,3-7H2,2H3;7-8H,1,4-5H2,2-3H3;9H,1,3-7H2,2H3;2,8H,1,3-7H2;1H2,2-3H3;3H,1H2,2H3. The van der Waals surface area contributed by atoms with Gasteiger partial charge >= 0.3 is 41.8 Å². The first kappa shape index (κ1) is 65.6. The van der Waals surface area contributed by atoms with E-state index < -0.39 is 5.97 Å². The Hall–Kier alpha value is -5.53. The SMILES string of the molecule is C=C(C)C(=O)OC.C=C(C)C(=O)OC12C3C4CCC1(C)C432.C=C(C)C(=O)OC12CC3CC(CC(C3)C1)C2.C=C(C)C(=O)OC1CC2CC1C1CCCC21.C=C(C)C(=O)OC1CCCCC1.C=CC(=O)OC.C=CC(=O)OC1CCCCC1. The van der Waals surface area contributed by atoms with Gasteiger partial charge in [-0.1, -0.05) is 72.2 Å². The lowest BCUT2D eigenvalue weighted by Crippen LogP contribution is -2.52. The Kier molecular flexibility index (Phi) is 22.3. The van der Waals surface area contributed by atoms with Gasteiger partial charge in [0.1, 0.15) is 29.5 Å². The van der Waals surface area contributed by atoms with Gasteiger partial charge in [0.15, 0.2) is 0 Å². The molecule has 13 saturated carbocycles. The summed E-state index contributed by atoms with van der Waals surface area (Å²) in [5.74, 6) is 5.66. The molecular formula is C68H98O14. The van der Waals surface area contributed by atoms with Crippen molar-refractivity contribution in [3.8, 4) is 0 Å². The first-order chi connectivity index (χ1) is 38.8. The normalized spacial score (nSPS) is 34.7. The van der Waals surface area contributed by atoms with Crippen LogP contribution in [-0.4, -0.2) is 85.5 Å². The van der Waals surface area contributed by atoms with Gasteiger partial charge in [-0.15, -0.1) is 0 Å². The van der Waals surface area contributed by atoms with Gasteiger partial charge < -0.3 is 33.2 Å².